The molecule has 0 saturated heterocycles. The van der Waals surface area contributed by atoms with Gasteiger partial charge >= 0.3 is 0 Å². The molecule has 0 fully saturated rings. The Morgan fingerprint density at radius 2 is 2.11 bits per heavy atom. The van der Waals surface area contributed by atoms with E-state index >= 15 is 0 Å². The molecule has 0 saturated carbocycles. The minimum Gasteiger partial charge on any atom is -0.320 e. The SMILES string of the molecule is Cc1ncccc1NC(=O)c1ccnc(NN)c1. The molecule has 0 bridgehead atoms. The fraction of sp³-hybridized carbons (Fsp3) is 0.0833. The summed E-state index contributed by atoms with van der Waals surface area (Å²) in [5.74, 6) is 5.45. The number of pyridine rings is 2. The van der Waals surface area contributed by atoms with Crippen LogP contribution in [0.5, 0.6) is 0 Å². The number of nitrogen functional groups attached to an aromatic ring is 1. The van der Waals surface area contributed by atoms with E-state index in [2.05, 4.69) is 20.7 Å². The molecule has 0 aliphatic rings. The van der Waals surface area contributed by atoms with E-state index in [1.54, 1.807) is 30.5 Å². The molecule has 2 rings (SSSR count). The molecule has 0 aliphatic carbocycles. The van der Waals surface area contributed by atoms with Crippen molar-refractivity contribution >= 4 is 17.4 Å². The summed E-state index contributed by atoms with van der Waals surface area (Å²) >= 11 is 0. The van der Waals surface area contributed by atoms with Gasteiger partial charge in [-0.1, -0.05) is 0 Å². The van der Waals surface area contributed by atoms with Crippen molar-refractivity contribution in [2.24, 2.45) is 5.84 Å². The van der Waals surface area contributed by atoms with Gasteiger partial charge in [0.15, 0.2) is 0 Å². The maximum atomic E-state index is 12.0. The van der Waals surface area contributed by atoms with Crippen LogP contribution >= 0.6 is 0 Å². The molecule has 0 radical (unpaired) electrons. The summed E-state index contributed by atoms with van der Waals surface area (Å²) in [6, 6.07) is 6.74. The van der Waals surface area contributed by atoms with Crippen molar-refractivity contribution in [1.82, 2.24) is 9.97 Å². The first-order valence-corrected chi connectivity index (χ1v) is 5.36. The third-order valence-corrected chi connectivity index (χ3v) is 2.43. The Hall–Kier alpha value is -2.47. The maximum Gasteiger partial charge on any atom is 0.255 e. The van der Waals surface area contributed by atoms with Crippen molar-refractivity contribution in [3.63, 3.8) is 0 Å². The normalized spacial score (nSPS) is 9.89. The summed E-state index contributed by atoms with van der Waals surface area (Å²) in [6.45, 7) is 1.83. The molecule has 18 heavy (non-hydrogen) atoms. The standard InChI is InChI=1S/C12H13N5O/c1-8-10(3-2-5-14-8)16-12(18)9-4-6-15-11(7-9)17-13/h2-7H,13H2,1H3,(H,15,17)(H,16,18). The topological polar surface area (TPSA) is 92.9 Å². The third-order valence-electron chi connectivity index (χ3n) is 2.43. The number of hydrogen-bond acceptors (Lipinski definition) is 5. The van der Waals surface area contributed by atoms with Crippen LogP contribution in [-0.2, 0) is 0 Å². The van der Waals surface area contributed by atoms with Crippen LogP contribution in [0, 0.1) is 6.92 Å². The second-order valence-corrected chi connectivity index (χ2v) is 3.66. The van der Waals surface area contributed by atoms with Crippen molar-refractivity contribution < 1.29 is 4.79 Å². The van der Waals surface area contributed by atoms with E-state index in [-0.39, 0.29) is 5.91 Å². The van der Waals surface area contributed by atoms with Crippen LogP contribution in [0.4, 0.5) is 11.5 Å². The Kier molecular flexibility index (Phi) is 3.49. The Morgan fingerprint density at radius 1 is 1.28 bits per heavy atom. The van der Waals surface area contributed by atoms with Crippen LogP contribution in [0.25, 0.3) is 0 Å². The molecule has 0 spiro atoms. The Balaban J connectivity index is 2.19. The van der Waals surface area contributed by atoms with Crippen LogP contribution < -0.4 is 16.6 Å². The molecule has 0 aromatic carbocycles. The van der Waals surface area contributed by atoms with Gasteiger partial charge in [0.25, 0.3) is 5.91 Å². The zero-order valence-electron chi connectivity index (χ0n) is 9.84. The molecule has 1 amide bonds. The smallest absolute Gasteiger partial charge is 0.255 e. The molecule has 0 atom stereocenters. The monoisotopic (exact) mass is 243 g/mol. The molecule has 4 N–H and O–H groups in total. The fourth-order valence-corrected chi connectivity index (χ4v) is 1.46. The Morgan fingerprint density at radius 3 is 2.83 bits per heavy atom. The Bertz CT molecular complexity index is 570. The zero-order valence-corrected chi connectivity index (χ0v) is 9.84. The van der Waals surface area contributed by atoms with E-state index in [1.165, 1.54) is 6.20 Å². The van der Waals surface area contributed by atoms with Gasteiger partial charge in [-0.05, 0) is 31.2 Å². The van der Waals surface area contributed by atoms with Gasteiger partial charge in [-0.15, -0.1) is 0 Å². The van der Waals surface area contributed by atoms with Gasteiger partial charge in [0.2, 0.25) is 0 Å². The van der Waals surface area contributed by atoms with Crippen LogP contribution in [0.1, 0.15) is 16.1 Å². The van der Waals surface area contributed by atoms with E-state index in [1.807, 2.05) is 6.92 Å². The van der Waals surface area contributed by atoms with E-state index in [9.17, 15) is 4.79 Å². The van der Waals surface area contributed by atoms with Crippen LogP contribution in [-0.4, -0.2) is 15.9 Å². The predicted octanol–water partition coefficient (Wildman–Crippen LogP) is 1.32. The molecule has 0 aliphatic heterocycles. The number of nitrogens with zero attached hydrogens (tertiary/aromatic N) is 2. The van der Waals surface area contributed by atoms with Crippen LogP contribution in [0.15, 0.2) is 36.7 Å². The first-order valence-electron chi connectivity index (χ1n) is 5.36. The number of hydrazine groups is 1. The van der Waals surface area contributed by atoms with Crippen molar-refractivity contribution in [3.8, 4) is 0 Å². The summed E-state index contributed by atoms with van der Waals surface area (Å²) in [4.78, 5) is 20.0. The number of hydrogen-bond donors (Lipinski definition) is 3. The number of aryl methyl sites for hydroxylation is 1. The highest BCUT2D eigenvalue weighted by molar-refractivity contribution is 6.04. The summed E-state index contributed by atoms with van der Waals surface area (Å²) < 4.78 is 0. The average molecular weight is 243 g/mol. The van der Waals surface area contributed by atoms with E-state index in [0.29, 0.717) is 17.1 Å². The number of amides is 1. The summed E-state index contributed by atoms with van der Waals surface area (Å²) in [5.41, 5.74) is 4.31. The van der Waals surface area contributed by atoms with Crippen molar-refractivity contribution in [2.75, 3.05) is 10.7 Å². The molecule has 92 valence electrons. The minimum atomic E-state index is -0.231. The molecular weight excluding hydrogens is 230 g/mol. The molecule has 2 heterocycles. The van der Waals surface area contributed by atoms with E-state index in [0.717, 1.165) is 5.69 Å². The first kappa shape index (κ1) is 12.0. The highest BCUT2D eigenvalue weighted by Gasteiger charge is 2.08. The highest BCUT2D eigenvalue weighted by Crippen LogP contribution is 2.13. The lowest BCUT2D eigenvalue weighted by Crippen LogP contribution is -2.15. The number of rotatable bonds is 3. The van der Waals surface area contributed by atoms with Gasteiger partial charge in [-0.25, -0.2) is 10.8 Å². The van der Waals surface area contributed by atoms with Gasteiger partial charge in [-0.2, -0.15) is 0 Å². The molecule has 6 nitrogen and oxygen atoms in total. The molecule has 0 unspecified atom stereocenters. The van der Waals surface area contributed by atoms with Crippen molar-refractivity contribution in [3.05, 3.63) is 47.9 Å². The maximum absolute atomic E-state index is 12.0. The number of aromatic nitrogens is 2. The summed E-state index contributed by atoms with van der Waals surface area (Å²) in [6.07, 6.45) is 3.19. The number of anilines is 2. The highest BCUT2D eigenvalue weighted by atomic mass is 16.1. The fourth-order valence-electron chi connectivity index (χ4n) is 1.46. The number of nitrogens with one attached hydrogen (secondary N) is 2. The van der Waals surface area contributed by atoms with Gasteiger partial charge in [0.05, 0.1) is 11.4 Å². The lowest BCUT2D eigenvalue weighted by molar-refractivity contribution is 0.102. The van der Waals surface area contributed by atoms with Gasteiger partial charge in [0.1, 0.15) is 5.82 Å². The van der Waals surface area contributed by atoms with Crippen LogP contribution in [0.3, 0.4) is 0 Å². The molecule has 6 heteroatoms. The van der Waals surface area contributed by atoms with Crippen LogP contribution in [0.2, 0.25) is 0 Å². The molecule has 2 aromatic heterocycles. The Labute approximate surface area is 104 Å². The van der Waals surface area contributed by atoms with Crippen molar-refractivity contribution in [2.45, 2.75) is 6.92 Å². The second kappa shape index (κ2) is 5.24. The minimum absolute atomic E-state index is 0.231. The summed E-state index contributed by atoms with van der Waals surface area (Å²) in [7, 11) is 0. The van der Waals surface area contributed by atoms with E-state index in [4.69, 9.17) is 5.84 Å². The van der Waals surface area contributed by atoms with Gasteiger partial charge in [-0.3, -0.25) is 9.78 Å². The number of carbonyl (C=O) groups excluding carboxylic acids is 1. The number of carbonyl (C=O) groups is 1. The first-order chi connectivity index (χ1) is 8.70. The zero-order chi connectivity index (χ0) is 13.0. The predicted molar refractivity (Wildman–Crippen MR) is 69.0 cm³/mol. The lowest BCUT2D eigenvalue weighted by atomic mass is 10.2. The molecule has 2 aromatic rings. The van der Waals surface area contributed by atoms with Crippen molar-refractivity contribution in [1.29, 1.82) is 0 Å². The second-order valence-electron chi connectivity index (χ2n) is 3.66. The molecular formula is C12H13N5O. The van der Waals surface area contributed by atoms with Gasteiger partial charge in [0, 0.05) is 18.0 Å². The lowest BCUT2D eigenvalue weighted by Gasteiger charge is -2.07. The van der Waals surface area contributed by atoms with Gasteiger partial charge < -0.3 is 10.7 Å². The number of nitrogens with two attached hydrogens (primary N) is 1. The summed E-state index contributed by atoms with van der Waals surface area (Å²) in [5, 5.41) is 2.78. The van der Waals surface area contributed by atoms with E-state index < -0.39 is 0 Å². The average Bonchev–Trinajstić information content (AvgIpc) is 2.41. The largest absolute Gasteiger partial charge is 0.320 e. The quantitative estimate of drug-likeness (QED) is 0.558. The third kappa shape index (κ3) is 2.61.